The average Bonchev–Trinajstić information content (AvgIpc) is 2.62. The van der Waals surface area contributed by atoms with Crippen molar-refractivity contribution in [3.63, 3.8) is 0 Å². The van der Waals surface area contributed by atoms with Crippen LogP contribution in [0, 0.1) is 11.8 Å². The molecule has 2 rings (SSSR count). The fourth-order valence-corrected chi connectivity index (χ4v) is 2.86. The van der Waals surface area contributed by atoms with Crippen molar-refractivity contribution in [3.05, 3.63) is 12.2 Å². The molecule has 2 N–H and O–H groups in total. The van der Waals surface area contributed by atoms with E-state index in [0.29, 0.717) is 0 Å². The molecule has 3 heteroatoms. The molecule has 96 valence electrons. The standard InChI is InChI=1S/C14H23NO2/c16-10-11-7-8-13(9-11)15-14(17)12-5-3-1-2-4-6-12/h7-8,11-13,16H,1-6,9-10H2,(H,15,17)/t11-,13+/m0/s1. The molecule has 2 aliphatic carbocycles. The number of aliphatic hydroxyl groups excluding tert-OH is 1. The van der Waals surface area contributed by atoms with Crippen LogP contribution in [0.15, 0.2) is 12.2 Å². The van der Waals surface area contributed by atoms with Crippen LogP contribution < -0.4 is 5.32 Å². The summed E-state index contributed by atoms with van der Waals surface area (Å²) >= 11 is 0. The minimum atomic E-state index is 0.142. The van der Waals surface area contributed by atoms with Gasteiger partial charge in [-0.15, -0.1) is 0 Å². The van der Waals surface area contributed by atoms with Crippen LogP contribution in [0.1, 0.15) is 44.9 Å². The molecule has 3 nitrogen and oxygen atoms in total. The first-order valence-electron chi connectivity index (χ1n) is 6.89. The maximum Gasteiger partial charge on any atom is 0.223 e. The van der Waals surface area contributed by atoms with Gasteiger partial charge in [-0.25, -0.2) is 0 Å². The zero-order valence-electron chi connectivity index (χ0n) is 10.4. The van der Waals surface area contributed by atoms with E-state index < -0.39 is 0 Å². The normalized spacial score (nSPS) is 30.2. The Kier molecular flexibility index (Phi) is 4.60. The van der Waals surface area contributed by atoms with Crippen LogP contribution in [0.4, 0.5) is 0 Å². The van der Waals surface area contributed by atoms with Gasteiger partial charge in [-0.3, -0.25) is 4.79 Å². The summed E-state index contributed by atoms with van der Waals surface area (Å²) in [5.41, 5.74) is 0. The quantitative estimate of drug-likeness (QED) is 0.582. The highest BCUT2D eigenvalue weighted by atomic mass is 16.3. The molecule has 0 heterocycles. The maximum atomic E-state index is 12.1. The lowest BCUT2D eigenvalue weighted by molar-refractivity contribution is -0.125. The summed E-state index contributed by atoms with van der Waals surface area (Å²) in [5, 5.41) is 12.1. The number of rotatable bonds is 3. The summed E-state index contributed by atoms with van der Waals surface area (Å²) in [6.45, 7) is 0.187. The second-order valence-corrected chi connectivity index (χ2v) is 5.37. The molecule has 0 saturated heterocycles. The van der Waals surface area contributed by atoms with E-state index in [1.165, 1.54) is 25.7 Å². The largest absolute Gasteiger partial charge is 0.396 e. The second-order valence-electron chi connectivity index (χ2n) is 5.37. The fraction of sp³-hybridized carbons (Fsp3) is 0.786. The van der Waals surface area contributed by atoms with Crippen molar-refractivity contribution in [1.29, 1.82) is 0 Å². The van der Waals surface area contributed by atoms with Crippen molar-refractivity contribution < 1.29 is 9.90 Å². The van der Waals surface area contributed by atoms with E-state index in [2.05, 4.69) is 5.32 Å². The first kappa shape index (κ1) is 12.6. The highest BCUT2D eigenvalue weighted by Gasteiger charge is 2.24. The van der Waals surface area contributed by atoms with E-state index in [-0.39, 0.29) is 30.4 Å². The Labute approximate surface area is 103 Å². The van der Waals surface area contributed by atoms with Crippen molar-refractivity contribution >= 4 is 5.91 Å². The van der Waals surface area contributed by atoms with Crippen LogP contribution in [0.5, 0.6) is 0 Å². The molecule has 0 radical (unpaired) electrons. The average molecular weight is 237 g/mol. The Hall–Kier alpha value is -0.830. The smallest absolute Gasteiger partial charge is 0.223 e. The third-order valence-electron chi connectivity index (χ3n) is 3.96. The van der Waals surface area contributed by atoms with Crippen LogP contribution in [0.2, 0.25) is 0 Å². The number of hydrogen-bond donors (Lipinski definition) is 2. The fourth-order valence-electron chi connectivity index (χ4n) is 2.86. The van der Waals surface area contributed by atoms with Gasteiger partial charge < -0.3 is 10.4 Å². The van der Waals surface area contributed by atoms with Gasteiger partial charge in [0.25, 0.3) is 0 Å². The summed E-state index contributed by atoms with van der Waals surface area (Å²) in [7, 11) is 0. The van der Waals surface area contributed by atoms with Crippen LogP contribution in [0.25, 0.3) is 0 Å². The summed E-state index contributed by atoms with van der Waals surface area (Å²) < 4.78 is 0. The highest BCUT2D eigenvalue weighted by Crippen LogP contribution is 2.24. The molecule has 2 aliphatic rings. The molecule has 0 aromatic rings. The Morgan fingerprint density at radius 3 is 2.47 bits per heavy atom. The van der Waals surface area contributed by atoms with Gasteiger partial charge in [-0.2, -0.15) is 0 Å². The van der Waals surface area contributed by atoms with Crippen molar-refractivity contribution in [2.24, 2.45) is 11.8 Å². The molecule has 1 fully saturated rings. The Bertz CT molecular complexity index is 280. The molecular formula is C14H23NO2. The molecule has 17 heavy (non-hydrogen) atoms. The molecule has 1 saturated carbocycles. The molecule has 1 amide bonds. The number of carbonyl (C=O) groups is 1. The lowest BCUT2D eigenvalue weighted by Gasteiger charge is -2.18. The van der Waals surface area contributed by atoms with Gasteiger partial charge in [0.2, 0.25) is 5.91 Å². The summed E-state index contributed by atoms with van der Waals surface area (Å²) in [5.74, 6) is 0.675. The van der Waals surface area contributed by atoms with Crippen LogP contribution in [-0.4, -0.2) is 23.7 Å². The minimum Gasteiger partial charge on any atom is -0.396 e. The van der Waals surface area contributed by atoms with E-state index in [1.807, 2.05) is 12.2 Å². The topological polar surface area (TPSA) is 49.3 Å². The van der Waals surface area contributed by atoms with E-state index in [0.717, 1.165) is 19.3 Å². The predicted octanol–water partition coefficient (Wildman–Crippen LogP) is 2.01. The second kappa shape index (κ2) is 6.20. The molecule has 0 unspecified atom stereocenters. The van der Waals surface area contributed by atoms with E-state index >= 15 is 0 Å². The lowest BCUT2D eigenvalue weighted by atomic mass is 9.99. The van der Waals surface area contributed by atoms with Crippen LogP contribution >= 0.6 is 0 Å². The third-order valence-corrected chi connectivity index (χ3v) is 3.96. The minimum absolute atomic E-state index is 0.142. The predicted molar refractivity (Wildman–Crippen MR) is 67.5 cm³/mol. The van der Waals surface area contributed by atoms with E-state index in [4.69, 9.17) is 5.11 Å². The van der Waals surface area contributed by atoms with Crippen LogP contribution in [-0.2, 0) is 4.79 Å². The Morgan fingerprint density at radius 1 is 1.18 bits per heavy atom. The van der Waals surface area contributed by atoms with Gasteiger partial charge in [0.05, 0.1) is 0 Å². The molecule has 0 aromatic heterocycles. The first-order chi connectivity index (χ1) is 8.29. The number of nitrogens with one attached hydrogen (secondary N) is 1. The number of amides is 1. The van der Waals surface area contributed by atoms with Gasteiger partial charge in [-0.1, -0.05) is 37.8 Å². The molecule has 0 spiro atoms. The number of hydrogen-bond acceptors (Lipinski definition) is 2. The van der Waals surface area contributed by atoms with Crippen molar-refractivity contribution in [1.82, 2.24) is 5.32 Å². The van der Waals surface area contributed by atoms with Crippen molar-refractivity contribution in [3.8, 4) is 0 Å². The monoisotopic (exact) mass is 237 g/mol. The summed E-state index contributed by atoms with van der Waals surface area (Å²) in [6, 6.07) is 0.142. The van der Waals surface area contributed by atoms with Gasteiger partial charge >= 0.3 is 0 Å². The van der Waals surface area contributed by atoms with Crippen LogP contribution in [0.3, 0.4) is 0 Å². The van der Waals surface area contributed by atoms with Crippen molar-refractivity contribution in [2.45, 2.75) is 51.0 Å². The van der Waals surface area contributed by atoms with E-state index in [1.54, 1.807) is 0 Å². The van der Waals surface area contributed by atoms with Gasteiger partial charge in [0.15, 0.2) is 0 Å². The van der Waals surface area contributed by atoms with Gasteiger partial charge in [0.1, 0.15) is 0 Å². The van der Waals surface area contributed by atoms with Crippen molar-refractivity contribution in [2.75, 3.05) is 6.61 Å². The molecule has 0 bridgehead atoms. The zero-order valence-corrected chi connectivity index (χ0v) is 10.4. The SMILES string of the molecule is O=C(N[C@@H]1C=C[C@H](CO)C1)C1CCCCCC1. The first-order valence-corrected chi connectivity index (χ1v) is 6.89. The summed E-state index contributed by atoms with van der Waals surface area (Å²) in [4.78, 5) is 12.1. The molecule has 0 aromatic carbocycles. The molecular weight excluding hydrogens is 214 g/mol. The Morgan fingerprint density at radius 2 is 1.88 bits per heavy atom. The number of carbonyl (C=O) groups excluding carboxylic acids is 1. The number of aliphatic hydroxyl groups is 1. The van der Waals surface area contributed by atoms with Gasteiger partial charge in [0, 0.05) is 24.5 Å². The summed E-state index contributed by atoms with van der Waals surface area (Å²) in [6.07, 6.45) is 11.9. The molecule has 2 atom stereocenters. The third kappa shape index (κ3) is 3.56. The lowest BCUT2D eigenvalue weighted by Crippen LogP contribution is -2.37. The zero-order chi connectivity index (χ0) is 12.1. The highest BCUT2D eigenvalue weighted by molar-refractivity contribution is 5.79. The maximum absolute atomic E-state index is 12.1. The van der Waals surface area contributed by atoms with E-state index in [9.17, 15) is 4.79 Å². The van der Waals surface area contributed by atoms with Gasteiger partial charge in [-0.05, 0) is 19.3 Å². The Balaban J connectivity index is 1.78. The molecule has 0 aliphatic heterocycles.